The number of benzene rings is 2. The molecule has 0 atom stereocenters. The summed E-state index contributed by atoms with van der Waals surface area (Å²) < 4.78 is 0. The Hall–Kier alpha value is -2.33. The van der Waals surface area contributed by atoms with Gasteiger partial charge in [0.25, 0.3) is 0 Å². The van der Waals surface area contributed by atoms with Crippen LogP contribution in [0.15, 0.2) is 42.5 Å². The smallest absolute Gasteiger partial charge is 0.226 e. The molecule has 0 bridgehead atoms. The van der Waals surface area contributed by atoms with Gasteiger partial charge in [0, 0.05) is 25.6 Å². The van der Waals surface area contributed by atoms with Gasteiger partial charge in [-0.15, -0.1) is 0 Å². The molecule has 0 radical (unpaired) electrons. The van der Waals surface area contributed by atoms with Crippen LogP contribution in [0, 0.1) is 13.8 Å². The van der Waals surface area contributed by atoms with Gasteiger partial charge in [0.05, 0.1) is 10.7 Å². The standard InChI is InChI=1S/C19H21ClN2O2/c1-13-8-9-14(2)17(12-13)21-19(24)10-11-22(15(3)23)18-7-5-4-6-16(18)20/h4-9,12H,10-11H2,1-3H3,(H,21,24). The van der Waals surface area contributed by atoms with Crippen LogP contribution in [0.5, 0.6) is 0 Å². The zero-order valence-corrected chi connectivity index (χ0v) is 14.9. The number of aryl methyl sites for hydroxylation is 2. The van der Waals surface area contributed by atoms with Gasteiger partial charge in [-0.05, 0) is 43.2 Å². The van der Waals surface area contributed by atoms with E-state index in [1.807, 2.05) is 38.1 Å². The van der Waals surface area contributed by atoms with E-state index >= 15 is 0 Å². The maximum absolute atomic E-state index is 12.2. The number of amides is 2. The van der Waals surface area contributed by atoms with Crippen molar-refractivity contribution in [3.8, 4) is 0 Å². The van der Waals surface area contributed by atoms with Crippen molar-refractivity contribution in [1.82, 2.24) is 0 Å². The number of para-hydroxylation sites is 1. The van der Waals surface area contributed by atoms with Crippen LogP contribution in [0.3, 0.4) is 0 Å². The molecule has 1 N–H and O–H groups in total. The zero-order chi connectivity index (χ0) is 17.7. The highest BCUT2D eigenvalue weighted by Gasteiger charge is 2.16. The summed E-state index contributed by atoms with van der Waals surface area (Å²) in [5.41, 5.74) is 3.50. The number of carbonyl (C=O) groups excluding carboxylic acids is 2. The number of hydrogen-bond acceptors (Lipinski definition) is 2. The van der Waals surface area contributed by atoms with Gasteiger partial charge in [-0.25, -0.2) is 0 Å². The third kappa shape index (κ3) is 4.59. The molecule has 0 unspecified atom stereocenters. The summed E-state index contributed by atoms with van der Waals surface area (Å²) in [6.07, 6.45) is 0.193. The quantitative estimate of drug-likeness (QED) is 0.877. The number of nitrogens with zero attached hydrogens (tertiary/aromatic N) is 1. The summed E-state index contributed by atoms with van der Waals surface area (Å²) in [7, 11) is 0. The molecule has 0 heterocycles. The minimum atomic E-state index is -0.150. The average Bonchev–Trinajstić information content (AvgIpc) is 2.52. The van der Waals surface area contributed by atoms with Crippen molar-refractivity contribution in [2.75, 3.05) is 16.8 Å². The first-order chi connectivity index (χ1) is 11.4. The Morgan fingerprint density at radius 3 is 2.50 bits per heavy atom. The molecule has 4 nitrogen and oxygen atoms in total. The van der Waals surface area contributed by atoms with Crippen molar-refractivity contribution in [1.29, 1.82) is 0 Å². The van der Waals surface area contributed by atoms with Crippen LogP contribution in [0.2, 0.25) is 5.02 Å². The second kappa shape index (κ2) is 7.97. The first-order valence-corrected chi connectivity index (χ1v) is 8.16. The number of hydrogen-bond donors (Lipinski definition) is 1. The van der Waals surface area contributed by atoms with Crippen molar-refractivity contribution in [3.63, 3.8) is 0 Å². The molecule has 2 aromatic carbocycles. The minimum absolute atomic E-state index is 0.137. The highest BCUT2D eigenvalue weighted by molar-refractivity contribution is 6.33. The predicted octanol–water partition coefficient (Wildman–Crippen LogP) is 4.34. The fourth-order valence-electron chi connectivity index (χ4n) is 2.41. The fourth-order valence-corrected chi connectivity index (χ4v) is 2.65. The Morgan fingerprint density at radius 2 is 1.83 bits per heavy atom. The molecule has 0 saturated carbocycles. The summed E-state index contributed by atoms with van der Waals surface area (Å²) in [6, 6.07) is 13.0. The van der Waals surface area contributed by atoms with E-state index < -0.39 is 0 Å². The number of halogens is 1. The van der Waals surface area contributed by atoms with E-state index in [0.717, 1.165) is 16.8 Å². The van der Waals surface area contributed by atoms with Crippen LogP contribution in [-0.4, -0.2) is 18.4 Å². The van der Waals surface area contributed by atoms with Crippen molar-refractivity contribution in [2.45, 2.75) is 27.2 Å². The lowest BCUT2D eigenvalue weighted by Gasteiger charge is -2.22. The molecular weight excluding hydrogens is 324 g/mol. The lowest BCUT2D eigenvalue weighted by Crippen LogP contribution is -2.32. The molecule has 5 heteroatoms. The van der Waals surface area contributed by atoms with Crippen LogP contribution in [0.1, 0.15) is 24.5 Å². The van der Waals surface area contributed by atoms with Gasteiger partial charge in [-0.1, -0.05) is 35.9 Å². The third-order valence-electron chi connectivity index (χ3n) is 3.75. The molecule has 0 aromatic heterocycles. The van der Waals surface area contributed by atoms with Crippen LogP contribution in [-0.2, 0) is 9.59 Å². The van der Waals surface area contributed by atoms with Gasteiger partial charge in [0.15, 0.2) is 0 Å². The third-order valence-corrected chi connectivity index (χ3v) is 4.07. The van der Waals surface area contributed by atoms with E-state index in [4.69, 9.17) is 11.6 Å². The summed E-state index contributed by atoms with van der Waals surface area (Å²) in [5.74, 6) is -0.287. The summed E-state index contributed by atoms with van der Waals surface area (Å²) in [6.45, 7) is 5.66. The first-order valence-electron chi connectivity index (χ1n) is 7.78. The molecule has 24 heavy (non-hydrogen) atoms. The number of anilines is 2. The van der Waals surface area contributed by atoms with E-state index in [9.17, 15) is 9.59 Å². The molecular formula is C19H21ClN2O2. The lowest BCUT2D eigenvalue weighted by atomic mass is 10.1. The molecule has 2 amide bonds. The SMILES string of the molecule is CC(=O)N(CCC(=O)Nc1cc(C)ccc1C)c1ccccc1Cl. The van der Waals surface area contributed by atoms with Crippen molar-refractivity contribution in [3.05, 3.63) is 58.6 Å². The molecule has 0 fully saturated rings. The number of carbonyl (C=O) groups is 2. The zero-order valence-electron chi connectivity index (χ0n) is 14.1. The average molecular weight is 345 g/mol. The Bertz CT molecular complexity index is 759. The predicted molar refractivity (Wildman–Crippen MR) is 98.6 cm³/mol. The Kier molecular flexibility index (Phi) is 5.99. The molecule has 0 aliphatic heterocycles. The lowest BCUT2D eigenvalue weighted by molar-refractivity contribution is -0.117. The molecule has 0 spiro atoms. The van der Waals surface area contributed by atoms with E-state index in [1.165, 1.54) is 11.8 Å². The molecule has 2 rings (SSSR count). The van der Waals surface area contributed by atoms with Gasteiger partial charge in [0.1, 0.15) is 0 Å². The van der Waals surface area contributed by atoms with Crippen LogP contribution < -0.4 is 10.2 Å². The molecule has 0 saturated heterocycles. The summed E-state index contributed by atoms with van der Waals surface area (Å²) >= 11 is 6.15. The molecule has 126 valence electrons. The van der Waals surface area contributed by atoms with Gasteiger partial charge in [0.2, 0.25) is 11.8 Å². The molecule has 2 aromatic rings. The van der Waals surface area contributed by atoms with Crippen molar-refractivity contribution in [2.24, 2.45) is 0 Å². The summed E-state index contributed by atoms with van der Waals surface area (Å²) in [4.78, 5) is 25.7. The van der Waals surface area contributed by atoms with Crippen LogP contribution in [0.4, 0.5) is 11.4 Å². The second-order valence-electron chi connectivity index (χ2n) is 5.74. The van der Waals surface area contributed by atoms with Gasteiger partial charge < -0.3 is 10.2 Å². The second-order valence-corrected chi connectivity index (χ2v) is 6.15. The fraction of sp³-hybridized carbons (Fsp3) is 0.263. The van der Waals surface area contributed by atoms with Crippen LogP contribution in [0.25, 0.3) is 0 Å². The van der Waals surface area contributed by atoms with Crippen molar-refractivity contribution < 1.29 is 9.59 Å². The monoisotopic (exact) mass is 344 g/mol. The first kappa shape index (κ1) is 18.0. The Morgan fingerprint density at radius 1 is 1.12 bits per heavy atom. The normalized spacial score (nSPS) is 10.3. The Balaban J connectivity index is 2.04. The van der Waals surface area contributed by atoms with Gasteiger partial charge in [-0.3, -0.25) is 9.59 Å². The van der Waals surface area contributed by atoms with E-state index in [2.05, 4.69) is 5.32 Å². The van der Waals surface area contributed by atoms with E-state index in [0.29, 0.717) is 10.7 Å². The largest absolute Gasteiger partial charge is 0.326 e. The maximum Gasteiger partial charge on any atom is 0.226 e. The molecule has 0 aliphatic carbocycles. The van der Waals surface area contributed by atoms with E-state index in [1.54, 1.807) is 18.2 Å². The topological polar surface area (TPSA) is 49.4 Å². The minimum Gasteiger partial charge on any atom is -0.326 e. The number of rotatable bonds is 5. The summed E-state index contributed by atoms with van der Waals surface area (Å²) in [5, 5.41) is 3.39. The maximum atomic E-state index is 12.2. The van der Waals surface area contributed by atoms with Crippen LogP contribution >= 0.6 is 11.6 Å². The Labute approximate surface area is 147 Å². The highest BCUT2D eigenvalue weighted by Crippen LogP contribution is 2.25. The van der Waals surface area contributed by atoms with E-state index in [-0.39, 0.29) is 24.8 Å². The van der Waals surface area contributed by atoms with Gasteiger partial charge >= 0.3 is 0 Å². The van der Waals surface area contributed by atoms with Crippen molar-refractivity contribution >= 4 is 34.8 Å². The highest BCUT2D eigenvalue weighted by atomic mass is 35.5. The van der Waals surface area contributed by atoms with Gasteiger partial charge in [-0.2, -0.15) is 0 Å². The number of nitrogens with one attached hydrogen (secondary N) is 1. The molecule has 0 aliphatic rings.